The van der Waals surface area contributed by atoms with Crippen molar-refractivity contribution in [2.24, 2.45) is 5.92 Å². The second-order valence-corrected chi connectivity index (χ2v) is 4.83. The molecular weight excluding hydrogens is 280 g/mol. The number of nitrogens with one attached hydrogen (secondary N) is 3. The van der Waals surface area contributed by atoms with Crippen molar-refractivity contribution in [3.8, 4) is 0 Å². The van der Waals surface area contributed by atoms with E-state index < -0.39 is 0 Å². The summed E-state index contributed by atoms with van der Waals surface area (Å²) < 4.78 is 0. The van der Waals surface area contributed by atoms with Gasteiger partial charge in [-0.2, -0.15) is 5.10 Å². The van der Waals surface area contributed by atoms with E-state index in [1.54, 1.807) is 12.3 Å². The van der Waals surface area contributed by atoms with E-state index in [2.05, 4.69) is 20.8 Å². The van der Waals surface area contributed by atoms with E-state index in [1.807, 2.05) is 12.1 Å². The summed E-state index contributed by atoms with van der Waals surface area (Å²) in [5.74, 6) is -0.0568. The molecule has 2 aromatic rings. The van der Waals surface area contributed by atoms with Crippen LogP contribution in [-0.2, 0) is 0 Å². The summed E-state index contributed by atoms with van der Waals surface area (Å²) in [6.07, 6.45) is 1.26. The molecule has 108 valence electrons. The van der Waals surface area contributed by atoms with Crippen LogP contribution < -0.4 is 10.6 Å². The van der Waals surface area contributed by atoms with Gasteiger partial charge in [-0.1, -0.05) is 6.07 Å². The zero-order valence-corrected chi connectivity index (χ0v) is 11.6. The van der Waals surface area contributed by atoms with Gasteiger partial charge in [-0.3, -0.25) is 9.89 Å². The molecule has 0 saturated carbocycles. The molecule has 1 fully saturated rings. The highest BCUT2D eigenvalue weighted by atomic mass is 35.5. The molecule has 1 aromatic heterocycles. The molecule has 0 bridgehead atoms. The van der Waals surface area contributed by atoms with Crippen LogP contribution in [0.2, 0.25) is 0 Å². The lowest BCUT2D eigenvalue weighted by atomic mass is 10.1. The molecule has 2 atom stereocenters. The normalized spacial score (nSPS) is 21.6. The molecule has 7 heteroatoms. The SMILES string of the molecule is Cl.O=C(NCC1CNCC1O)c1cccc2[nH]ncc12. The second kappa shape index (κ2) is 6.21. The lowest BCUT2D eigenvalue weighted by Gasteiger charge is -2.14. The van der Waals surface area contributed by atoms with Gasteiger partial charge in [-0.05, 0) is 12.1 Å². The number of aliphatic hydroxyl groups is 1. The molecule has 4 N–H and O–H groups in total. The molecule has 1 aliphatic heterocycles. The Bertz CT molecular complexity index is 601. The van der Waals surface area contributed by atoms with Crippen molar-refractivity contribution in [2.45, 2.75) is 6.10 Å². The fourth-order valence-electron chi connectivity index (χ4n) is 2.41. The summed E-state index contributed by atoms with van der Waals surface area (Å²) in [5.41, 5.74) is 1.45. The fourth-order valence-corrected chi connectivity index (χ4v) is 2.41. The number of H-pyrrole nitrogens is 1. The molecule has 1 saturated heterocycles. The van der Waals surface area contributed by atoms with E-state index in [-0.39, 0.29) is 30.3 Å². The monoisotopic (exact) mass is 296 g/mol. The highest BCUT2D eigenvalue weighted by molar-refractivity contribution is 6.06. The third kappa shape index (κ3) is 2.77. The standard InChI is InChI=1S/C13H16N4O2.ClH/c18-12-7-14-4-8(12)5-15-13(19)9-2-1-3-11-10(9)6-16-17-11;/h1-3,6,8,12,14,18H,4-5,7H2,(H,15,19)(H,16,17);1H. The molecule has 20 heavy (non-hydrogen) atoms. The number of halogens is 1. The number of hydrogen-bond acceptors (Lipinski definition) is 4. The van der Waals surface area contributed by atoms with Gasteiger partial charge in [-0.15, -0.1) is 12.4 Å². The first-order valence-corrected chi connectivity index (χ1v) is 6.35. The van der Waals surface area contributed by atoms with Crippen LogP contribution in [-0.4, -0.2) is 46.9 Å². The molecular formula is C13H17ClN4O2. The number of β-amino-alcohol motifs (C(OH)–C–C–N with tert-alkyl or cyclic N) is 1. The second-order valence-electron chi connectivity index (χ2n) is 4.83. The number of benzene rings is 1. The average molecular weight is 297 g/mol. The Morgan fingerprint density at radius 2 is 2.30 bits per heavy atom. The van der Waals surface area contributed by atoms with Crippen molar-refractivity contribution in [1.29, 1.82) is 0 Å². The number of fused-ring (bicyclic) bond motifs is 1. The smallest absolute Gasteiger partial charge is 0.252 e. The third-order valence-corrected chi connectivity index (χ3v) is 3.56. The van der Waals surface area contributed by atoms with Crippen LogP contribution in [0.25, 0.3) is 10.9 Å². The van der Waals surface area contributed by atoms with Crippen molar-refractivity contribution < 1.29 is 9.90 Å². The van der Waals surface area contributed by atoms with E-state index in [0.29, 0.717) is 18.7 Å². The number of carbonyl (C=O) groups excluding carboxylic acids is 1. The quantitative estimate of drug-likeness (QED) is 0.655. The number of hydrogen-bond donors (Lipinski definition) is 4. The van der Waals surface area contributed by atoms with Crippen molar-refractivity contribution in [1.82, 2.24) is 20.8 Å². The first kappa shape index (κ1) is 14.8. The highest BCUT2D eigenvalue weighted by Crippen LogP contribution is 2.16. The molecule has 2 heterocycles. The van der Waals surface area contributed by atoms with Gasteiger partial charge in [0.05, 0.1) is 23.4 Å². The van der Waals surface area contributed by atoms with Gasteiger partial charge in [0.1, 0.15) is 0 Å². The van der Waals surface area contributed by atoms with E-state index in [9.17, 15) is 9.90 Å². The number of aromatic nitrogens is 2. The lowest BCUT2D eigenvalue weighted by Crippen LogP contribution is -2.34. The Morgan fingerprint density at radius 3 is 3.05 bits per heavy atom. The predicted octanol–water partition coefficient (Wildman–Crippen LogP) is 0.295. The number of nitrogens with zero attached hydrogens (tertiary/aromatic N) is 1. The van der Waals surface area contributed by atoms with Crippen LogP contribution in [0.3, 0.4) is 0 Å². The van der Waals surface area contributed by atoms with Gasteiger partial charge in [0.15, 0.2) is 0 Å². The minimum atomic E-state index is -0.384. The number of aliphatic hydroxyl groups excluding tert-OH is 1. The van der Waals surface area contributed by atoms with Crippen LogP contribution in [0.15, 0.2) is 24.4 Å². The third-order valence-electron chi connectivity index (χ3n) is 3.56. The number of aromatic amines is 1. The van der Waals surface area contributed by atoms with E-state index in [0.717, 1.165) is 17.4 Å². The molecule has 0 radical (unpaired) electrons. The van der Waals surface area contributed by atoms with Gasteiger partial charge >= 0.3 is 0 Å². The van der Waals surface area contributed by atoms with Crippen LogP contribution in [0.4, 0.5) is 0 Å². The molecule has 0 aliphatic carbocycles. The van der Waals surface area contributed by atoms with Gasteiger partial charge in [0.2, 0.25) is 0 Å². The maximum atomic E-state index is 12.2. The average Bonchev–Trinajstić information content (AvgIpc) is 3.04. The predicted molar refractivity (Wildman–Crippen MR) is 78.0 cm³/mol. The van der Waals surface area contributed by atoms with Crippen molar-refractivity contribution in [3.05, 3.63) is 30.0 Å². The summed E-state index contributed by atoms with van der Waals surface area (Å²) >= 11 is 0. The van der Waals surface area contributed by atoms with Crippen LogP contribution in [0, 0.1) is 5.92 Å². The molecule has 6 nitrogen and oxygen atoms in total. The maximum absolute atomic E-state index is 12.2. The van der Waals surface area contributed by atoms with Crippen molar-refractivity contribution >= 4 is 29.2 Å². The first-order valence-electron chi connectivity index (χ1n) is 6.35. The summed E-state index contributed by atoms with van der Waals surface area (Å²) in [7, 11) is 0. The zero-order chi connectivity index (χ0) is 13.2. The molecule has 1 aliphatic rings. The summed E-state index contributed by atoms with van der Waals surface area (Å²) in [6, 6.07) is 5.47. The molecule has 2 unspecified atom stereocenters. The van der Waals surface area contributed by atoms with Gasteiger partial charge in [0.25, 0.3) is 5.91 Å². The molecule has 1 aromatic carbocycles. The number of carbonyl (C=O) groups is 1. The van der Waals surface area contributed by atoms with Crippen molar-refractivity contribution in [3.63, 3.8) is 0 Å². The fraction of sp³-hybridized carbons (Fsp3) is 0.385. The zero-order valence-electron chi connectivity index (χ0n) is 10.8. The minimum absolute atomic E-state index is 0. The number of rotatable bonds is 3. The van der Waals surface area contributed by atoms with E-state index >= 15 is 0 Å². The van der Waals surface area contributed by atoms with Gasteiger partial charge in [0, 0.05) is 30.9 Å². The Hall–Kier alpha value is -1.63. The topological polar surface area (TPSA) is 90.0 Å². The Morgan fingerprint density at radius 1 is 1.45 bits per heavy atom. The highest BCUT2D eigenvalue weighted by Gasteiger charge is 2.25. The van der Waals surface area contributed by atoms with Gasteiger partial charge < -0.3 is 15.7 Å². The largest absolute Gasteiger partial charge is 0.391 e. The van der Waals surface area contributed by atoms with E-state index in [4.69, 9.17) is 0 Å². The minimum Gasteiger partial charge on any atom is -0.391 e. The first-order chi connectivity index (χ1) is 9.25. The molecule has 1 amide bonds. The Kier molecular flexibility index (Phi) is 4.59. The van der Waals surface area contributed by atoms with Gasteiger partial charge in [-0.25, -0.2) is 0 Å². The number of amides is 1. The molecule has 0 spiro atoms. The molecule has 3 rings (SSSR count). The van der Waals surface area contributed by atoms with Crippen molar-refractivity contribution in [2.75, 3.05) is 19.6 Å². The summed E-state index contributed by atoms with van der Waals surface area (Å²) in [6.45, 7) is 1.80. The van der Waals surface area contributed by atoms with Crippen LogP contribution in [0.5, 0.6) is 0 Å². The maximum Gasteiger partial charge on any atom is 0.252 e. The Balaban J connectivity index is 0.00000147. The lowest BCUT2D eigenvalue weighted by molar-refractivity contribution is 0.0928. The van der Waals surface area contributed by atoms with Crippen LogP contribution in [0.1, 0.15) is 10.4 Å². The summed E-state index contributed by atoms with van der Waals surface area (Å²) in [4.78, 5) is 12.2. The van der Waals surface area contributed by atoms with Crippen LogP contribution >= 0.6 is 12.4 Å². The summed E-state index contributed by atoms with van der Waals surface area (Å²) in [5, 5.41) is 23.2. The van der Waals surface area contributed by atoms with E-state index in [1.165, 1.54) is 0 Å². The Labute approximate surface area is 122 Å².